The van der Waals surface area contributed by atoms with Crippen molar-refractivity contribution >= 4 is 12.0 Å². The quantitative estimate of drug-likeness (QED) is 0.779. The molecule has 2 amide bonds. The van der Waals surface area contributed by atoms with E-state index in [9.17, 15) is 9.59 Å². The molecule has 0 unspecified atom stereocenters. The minimum atomic E-state index is -0.966. The van der Waals surface area contributed by atoms with Gasteiger partial charge in [0.25, 0.3) is 0 Å². The minimum Gasteiger partial charge on any atom is -0.480 e. The molecule has 110 valence electrons. The van der Waals surface area contributed by atoms with Crippen molar-refractivity contribution in [2.24, 2.45) is 5.92 Å². The maximum atomic E-state index is 12.3. The zero-order valence-corrected chi connectivity index (χ0v) is 12.2. The third-order valence-corrected chi connectivity index (χ3v) is 3.59. The Balaban J connectivity index is 2.67. The van der Waals surface area contributed by atoms with E-state index in [1.165, 1.54) is 0 Å². The molecule has 0 aromatic heterocycles. The normalized spacial score (nSPS) is 17.5. The van der Waals surface area contributed by atoms with Crippen LogP contribution in [0.15, 0.2) is 0 Å². The Morgan fingerprint density at radius 3 is 2.32 bits per heavy atom. The molecule has 2 N–H and O–H groups in total. The zero-order valence-electron chi connectivity index (χ0n) is 12.2. The fourth-order valence-corrected chi connectivity index (χ4v) is 2.58. The van der Waals surface area contributed by atoms with Gasteiger partial charge in [-0.3, -0.25) is 0 Å². The highest BCUT2D eigenvalue weighted by atomic mass is 16.4. The van der Waals surface area contributed by atoms with Crippen LogP contribution < -0.4 is 5.32 Å². The number of carbonyl (C=O) groups is 2. The first-order valence-electron chi connectivity index (χ1n) is 7.25. The standard InChI is InChI=1S/C14H26N2O3/c1-4-12(13(17)18)15-14(19)16(9-10(2)3)11-7-5-6-8-11/h10-12H,4-9H2,1-3H3,(H,15,19)(H,17,18)/t12-/m1/s1. The highest BCUT2D eigenvalue weighted by Gasteiger charge is 2.29. The molecule has 1 aliphatic rings. The number of carboxylic acids is 1. The summed E-state index contributed by atoms with van der Waals surface area (Å²) in [4.78, 5) is 25.1. The molecule has 1 rings (SSSR count). The van der Waals surface area contributed by atoms with Gasteiger partial charge in [-0.2, -0.15) is 0 Å². The Bertz CT molecular complexity index is 312. The molecule has 0 radical (unpaired) electrons. The molecule has 0 saturated heterocycles. The van der Waals surface area contributed by atoms with Crippen LogP contribution in [0.5, 0.6) is 0 Å². The molecule has 1 saturated carbocycles. The van der Waals surface area contributed by atoms with Gasteiger partial charge in [-0.25, -0.2) is 9.59 Å². The van der Waals surface area contributed by atoms with Crippen molar-refractivity contribution in [1.29, 1.82) is 0 Å². The van der Waals surface area contributed by atoms with Gasteiger partial charge in [0.2, 0.25) is 0 Å². The molecule has 0 bridgehead atoms. The van der Waals surface area contributed by atoms with Gasteiger partial charge in [-0.05, 0) is 25.2 Å². The number of amides is 2. The van der Waals surface area contributed by atoms with Crippen molar-refractivity contribution in [3.8, 4) is 0 Å². The average molecular weight is 270 g/mol. The summed E-state index contributed by atoms with van der Waals surface area (Å²) in [5.41, 5.74) is 0. The van der Waals surface area contributed by atoms with E-state index >= 15 is 0 Å². The van der Waals surface area contributed by atoms with Crippen LogP contribution in [0.25, 0.3) is 0 Å². The number of carboxylic acid groups (broad SMARTS) is 1. The summed E-state index contributed by atoms with van der Waals surface area (Å²) in [6, 6.07) is -0.743. The van der Waals surface area contributed by atoms with Crippen molar-refractivity contribution in [3.05, 3.63) is 0 Å². The number of aliphatic carboxylic acids is 1. The fourth-order valence-electron chi connectivity index (χ4n) is 2.58. The molecule has 5 nitrogen and oxygen atoms in total. The van der Waals surface area contributed by atoms with Gasteiger partial charge < -0.3 is 15.3 Å². The molecule has 5 heteroatoms. The van der Waals surface area contributed by atoms with E-state index in [4.69, 9.17) is 5.11 Å². The Morgan fingerprint density at radius 2 is 1.89 bits per heavy atom. The van der Waals surface area contributed by atoms with Crippen molar-refractivity contribution in [2.45, 2.75) is 65.0 Å². The first-order chi connectivity index (χ1) is 8.95. The third-order valence-electron chi connectivity index (χ3n) is 3.59. The molecule has 19 heavy (non-hydrogen) atoms. The topological polar surface area (TPSA) is 69.6 Å². The van der Waals surface area contributed by atoms with E-state index in [1.54, 1.807) is 6.92 Å². The molecule has 1 atom stereocenters. The molecule has 1 aliphatic carbocycles. The number of hydrogen-bond acceptors (Lipinski definition) is 2. The van der Waals surface area contributed by atoms with Gasteiger partial charge in [-0.15, -0.1) is 0 Å². The molecular formula is C14H26N2O3. The maximum Gasteiger partial charge on any atom is 0.326 e. The number of carbonyl (C=O) groups excluding carboxylic acids is 1. The Labute approximate surface area is 115 Å². The van der Waals surface area contributed by atoms with Crippen LogP contribution in [0, 0.1) is 5.92 Å². The maximum absolute atomic E-state index is 12.3. The second-order valence-electron chi connectivity index (χ2n) is 5.73. The van der Waals surface area contributed by atoms with E-state index in [1.807, 2.05) is 4.90 Å². The summed E-state index contributed by atoms with van der Waals surface area (Å²) in [5.74, 6) is -0.581. The molecule has 0 aromatic carbocycles. The third kappa shape index (κ3) is 4.73. The number of rotatable bonds is 6. The van der Waals surface area contributed by atoms with E-state index in [2.05, 4.69) is 19.2 Å². The smallest absolute Gasteiger partial charge is 0.326 e. The van der Waals surface area contributed by atoms with E-state index in [-0.39, 0.29) is 12.1 Å². The molecule has 0 heterocycles. The lowest BCUT2D eigenvalue weighted by Gasteiger charge is -2.31. The van der Waals surface area contributed by atoms with Crippen LogP contribution in [-0.2, 0) is 4.79 Å². The average Bonchev–Trinajstić information content (AvgIpc) is 2.85. The molecular weight excluding hydrogens is 244 g/mol. The van der Waals surface area contributed by atoms with Crippen LogP contribution in [0.4, 0.5) is 4.79 Å². The summed E-state index contributed by atoms with van der Waals surface area (Å²) < 4.78 is 0. The largest absolute Gasteiger partial charge is 0.480 e. The summed E-state index contributed by atoms with van der Waals surface area (Å²) in [7, 11) is 0. The molecule has 0 aliphatic heterocycles. The van der Waals surface area contributed by atoms with Crippen LogP contribution in [0.3, 0.4) is 0 Å². The van der Waals surface area contributed by atoms with Crippen molar-refractivity contribution < 1.29 is 14.7 Å². The predicted molar refractivity (Wildman–Crippen MR) is 74.0 cm³/mol. The lowest BCUT2D eigenvalue weighted by Crippen LogP contribution is -2.51. The van der Waals surface area contributed by atoms with E-state index < -0.39 is 12.0 Å². The van der Waals surface area contributed by atoms with Gasteiger partial charge in [0.1, 0.15) is 6.04 Å². The van der Waals surface area contributed by atoms with Crippen molar-refractivity contribution in [3.63, 3.8) is 0 Å². The predicted octanol–water partition coefficient (Wildman–Crippen LogP) is 2.46. The first-order valence-corrected chi connectivity index (χ1v) is 7.25. The Kier molecular flexibility index (Phi) is 6.12. The van der Waals surface area contributed by atoms with Gasteiger partial charge >= 0.3 is 12.0 Å². The lowest BCUT2D eigenvalue weighted by molar-refractivity contribution is -0.139. The number of nitrogens with zero attached hydrogens (tertiary/aromatic N) is 1. The van der Waals surface area contributed by atoms with Crippen LogP contribution in [0.2, 0.25) is 0 Å². The lowest BCUT2D eigenvalue weighted by atomic mass is 10.1. The summed E-state index contributed by atoms with van der Waals surface area (Å²) >= 11 is 0. The summed E-state index contributed by atoms with van der Waals surface area (Å²) in [5, 5.41) is 11.7. The Morgan fingerprint density at radius 1 is 1.32 bits per heavy atom. The van der Waals surface area contributed by atoms with Crippen molar-refractivity contribution in [2.75, 3.05) is 6.54 Å². The van der Waals surface area contributed by atoms with E-state index in [0.29, 0.717) is 18.9 Å². The second-order valence-corrected chi connectivity index (χ2v) is 5.73. The Hall–Kier alpha value is -1.26. The molecule has 0 aromatic rings. The SMILES string of the molecule is CC[C@@H](NC(=O)N(CC(C)C)C1CCCC1)C(=O)O. The highest BCUT2D eigenvalue weighted by Crippen LogP contribution is 2.24. The first kappa shape index (κ1) is 15.8. The number of nitrogens with one attached hydrogen (secondary N) is 1. The van der Waals surface area contributed by atoms with Gasteiger partial charge in [0.05, 0.1) is 0 Å². The highest BCUT2D eigenvalue weighted by molar-refractivity contribution is 5.82. The fraction of sp³-hybridized carbons (Fsp3) is 0.857. The number of urea groups is 1. The number of hydrogen-bond donors (Lipinski definition) is 2. The second kappa shape index (κ2) is 7.36. The van der Waals surface area contributed by atoms with E-state index in [0.717, 1.165) is 25.7 Å². The molecule has 1 fully saturated rings. The summed E-state index contributed by atoms with van der Waals surface area (Å²) in [6.07, 6.45) is 4.78. The minimum absolute atomic E-state index is 0.227. The van der Waals surface area contributed by atoms with Crippen LogP contribution in [0.1, 0.15) is 52.9 Å². The summed E-state index contributed by atoms with van der Waals surface area (Å²) in [6.45, 7) is 6.60. The monoisotopic (exact) mass is 270 g/mol. The van der Waals surface area contributed by atoms with Crippen LogP contribution in [-0.4, -0.2) is 40.6 Å². The van der Waals surface area contributed by atoms with Gasteiger partial charge in [0, 0.05) is 12.6 Å². The zero-order chi connectivity index (χ0) is 14.4. The van der Waals surface area contributed by atoms with Crippen LogP contribution >= 0.6 is 0 Å². The van der Waals surface area contributed by atoms with Gasteiger partial charge in [0.15, 0.2) is 0 Å². The molecule has 0 spiro atoms. The van der Waals surface area contributed by atoms with Crippen molar-refractivity contribution in [1.82, 2.24) is 10.2 Å². The van der Waals surface area contributed by atoms with Gasteiger partial charge in [-0.1, -0.05) is 33.6 Å².